The number of rotatable bonds is 1. The Morgan fingerprint density at radius 1 is 1.44 bits per heavy atom. The van der Waals surface area contributed by atoms with Gasteiger partial charge in [0, 0.05) is 24.2 Å². The lowest BCUT2D eigenvalue weighted by molar-refractivity contribution is 0.137. The van der Waals surface area contributed by atoms with E-state index in [1.54, 1.807) is 12.4 Å². The highest BCUT2D eigenvalue weighted by atomic mass is 16.6. The molecule has 6 heteroatoms. The molecule has 2 heterocycles. The van der Waals surface area contributed by atoms with E-state index in [9.17, 15) is 0 Å². The molecule has 2 rings (SSSR count). The number of nitrogens with one attached hydrogen (secondary N) is 1. The molecule has 0 aliphatic carbocycles. The van der Waals surface area contributed by atoms with Gasteiger partial charge in [-0.3, -0.25) is 4.98 Å². The van der Waals surface area contributed by atoms with E-state index in [2.05, 4.69) is 15.0 Å². The van der Waals surface area contributed by atoms with Crippen molar-refractivity contribution in [2.75, 3.05) is 0 Å². The zero-order valence-electron chi connectivity index (χ0n) is 8.58. The van der Waals surface area contributed by atoms with Crippen LogP contribution in [0.25, 0.3) is 11.4 Å². The van der Waals surface area contributed by atoms with E-state index in [1.807, 2.05) is 25.3 Å². The predicted molar refractivity (Wildman–Crippen MR) is 57.2 cm³/mol. The van der Waals surface area contributed by atoms with Gasteiger partial charge in [0.25, 0.3) is 0 Å². The number of aromatic amines is 1. The quantitative estimate of drug-likeness (QED) is 0.684. The third-order valence-corrected chi connectivity index (χ3v) is 1.64. The van der Waals surface area contributed by atoms with Crippen LogP contribution in [0.2, 0.25) is 0 Å². The van der Waals surface area contributed by atoms with Crippen LogP contribution in [-0.4, -0.2) is 31.3 Å². The van der Waals surface area contributed by atoms with Crippen LogP contribution in [-0.2, 0) is 0 Å². The fourth-order valence-electron chi connectivity index (χ4n) is 1.06. The Morgan fingerprint density at radius 3 is 2.56 bits per heavy atom. The number of hydrogen-bond acceptors (Lipinski definition) is 3. The normalized spacial score (nSPS) is 9.06. The van der Waals surface area contributed by atoms with Gasteiger partial charge in [-0.1, -0.05) is 0 Å². The average molecular weight is 221 g/mol. The third-order valence-electron chi connectivity index (χ3n) is 1.64. The van der Waals surface area contributed by atoms with Crippen LogP contribution in [0.5, 0.6) is 0 Å². The van der Waals surface area contributed by atoms with E-state index < -0.39 is 6.16 Å². The monoisotopic (exact) mass is 221 g/mol. The first-order chi connectivity index (χ1) is 7.59. The van der Waals surface area contributed by atoms with Crippen LogP contribution in [0.4, 0.5) is 4.79 Å². The summed E-state index contributed by atoms with van der Waals surface area (Å²) in [5, 5.41) is 13.9. The molecule has 0 aromatic carbocycles. The Hall–Kier alpha value is -2.37. The summed E-state index contributed by atoms with van der Waals surface area (Å²) in [5.41, 5.74) is 2.01. The fourth-order valence-corrected chi connectivity index (χ4v) is 1.06. The van der Waals surface area contributed by atoms with E-state index in [1.165, 1.54) is 0 Å². The van der Waals surface area contributed by atoms with Gasteiger partial charge in [0.2, 0.25) is 0 Å². The molecule has 3 N–H and O–H groups in total. The smallest absolute Gasteiger partial charge is 0.450 e. The number of aryl methyl sites for hydroxylation is 1. The molecule has 0 fully saturated rings. The van der Waals surface area contributed by atoms with Crippen LogP contribution in [0.3, 0.4) is 0 Å². The number of carbonyl (C=O) groups is 1. The SMILES string of the molecule is Cc1c[nH]c(-c2cccnc2)n1.O=C(O)O. The molecule has 0 aliphatic heterocycles. The van der Waals surface area contributed by atoms with E-state index in [-0.39, 0.29) is 0 Å². The highest BCUT2D eigenvalue weighted by molar-refractivity contribution is 5.53. The topological polar surface area (TPSA) is 99.1 Å². The molecule has 0 aliphatic rings. The molecule has 0 spiro atoms. The van der Waals surface area contributed by atoms with Gasteiger partial charge in [0.05, 0.1) is 5.69 Å². The number of carboxylic acid groups (broad SMARTS) is 2. The lowest BCUT2D eigenvalue weighted by atomic mass is 10.3. The number of nitrogens with zero attached hydrogens (tertiary/aromatic N) is 2. The van der Waals surface area contributed by atoms with E-state index in [0.29, 0.717) is 0 Å². The Labute approximate surface area is 91.6 Å². The van der Waals surface area contributed by atoms with E-state index in [4.69, 9.17) is 15.0 Å². The summed E-state index contributed by atoms with van der Waals surface area (Å²) in [5.74, 6) is 0.876. The number of imidazole rings is 1. The first kappa shape index (κ1) is 11.7. The van der Waals surface area contributed by atoms with Gasteiger partial charge < -0.3 is 15.2 Å². The van der Waals surface area contributed by atoms with Crippen molar-refractivity contribution in [3.8, 4) is 11.4 Å². The maximum atomic E-state index is 8.56. The van der Waals surface area contributed by atoms with Gasteiger partial charge in [0.15, 0.2) is 0 Å². The van der Waals surface area contributed by atoms with Crippen LogP contribution in [0, 0.1) is 6.92 Å². The molecular weight excluding hydrogens is 210 g/mol. The first-order valence-electron chi connectivity index (χ1n) is 4.44. The maximum absolute atomic E-state index is 8.56. The van der Waals surface area contributed by atoms with Gasteiger partial charge in [0.1, 0.15) is 5.82 Å². The highest BCUT2D eigenvalue weighted by Crippen LogP contribution is 2.12. The van der Waals surface area contributed by atoms with Gasteiger partial charge in [-0.05, 0) is 19.1 Å². The van der Waals surface area contributed by atoms with Crippen LogP contribution >= 0.6 is 0 Å². The number of H-pyrrole nitrogens is 1. The van der Waals surface area contributed by atoms with Gasteiger partial charge in [-0.15, -0.1) is 0 Å². The molecule has 0 saturated carbocycles. The lowest BCUT2D eigenvalue weighted by Crippen LogP contribution is -1.81. The fraction of sp³-hybridized carbons (Fsp3) is 0.100. The maximum Gasteiger partial charge on any atom is 0.503 e. The molecule has 84 valence electrons. The van der Waals surface area contributed by atoms with Crippen molar-refractivity contribution < 1.29 is 15.0 Å². The third kappa shape index (κ3) is 3.79. The molecule has 16 heavy (non-hydrogen) atoms. The molecule has 0 saturated heterocycles. The molecule has 0 bridgehead atoms. The summed E-state index contributed by atoms with van der Waals surface area (Å²) in [7, 11) is 0. The predicted octanol–water partition coefficient (Wildman–Crippen LogP) is 2.00. The summed E-state index contributed by atoms with van der Waals surface area (Å²) in [4.78, 5) is 19.9. The van der Waals surface area contributed by atoms with Gasteiger partial charge in [-0.25, -0.2) is 9.78 Å². The van der Waals surface area contributed by atoms with Gasteiger partial charge >= 0.3 is 6.16 Å². The van der Waals surface area contributed by atoms with Crippen LogP contribution in [0.15, 0.2) is 30.7 Å². The molecule has 0 unspecified atom stereocenters. The van der Waals surface area contributed by atoms with Crippen LogP contribution in [0.1, 0.15) is 5.69 Å². The second-order valence-corrected chi connectivity index (χ2v) is 2.91. The van der Waals surface area contributed by atoms with Crippen LogP contribution < -0.4 is 0 Å². The Bertz CT molecular complexity index is 449. The molecule has 0 atom stereocenters. The number of aromatic nitrogens is 3. The molecule has 6 nitrogen and oxygen atoms in total. The zero-order valence-corrected chi connectivity index (χ0v) is 8.58. The second-order valence-electron chi connectivity index (χ2n) is 2.91. The standard InChI is InChI=1S/C9H9N3.CH2O3/c1-7-5-11-9(12-7)8-3-2-4-10-6-8;2-1(3)4/h2-6H,1H3,(H,11,12);(H2,2,3,4). The minimum absolute atomic E-state index is 0.876. The Morgan fingerprint density at radius 2 is 2.12 bits per heavy atom. The Balaban J connectivity index is 0.000000280. The van der Waals surface area contributed by atoms with Crippen molar-refractivity contribution >= 4 is 6.16 Å². The molecule has 0 amide bonds. The highest BCUT2D eigenvalue weighted by Gasteiger charge is 1.99. The van der Waals surface area contributed by atoms with Crippen molar-refractivity contribution in [2.45, 2.75) is 6.92 Å². The van der Waals surface area contributed by atoms with Crippen molar-refractivity contribution in [2.24, 2.45) is 0 Å². The molecule has 2 aromatic heterocycles. The van der Waals surface area contributed by atoms with E-state index in [0.717, 1.165) is 17.1 Å². The second kappa shape index (κ2) is 5.50. The largest absolute Gasteiger partial charge is 0.503 e. The van der Waals surface area contributed by atoms with Crippen molar-refractivity contribution in [1.29, 1.82) is 0 Å². The molecule has 0 radical (unpaired) electrons. The summed E-state index contributed by atoms with van der Waals surface area (Å²) >= 11 is 0. The molecule has 2 aromatic rings. The number of pyridine rings is 1. The summed E-state index contributed by atoms with van der Waals surface area (Å²) in [6.07, 6.45) is 3.58. The minimum atomic E-state index is -1.83. The number of hydrogen-bond donors (Lipinski definition) is 3. The van der Waals surface area contributed by atoms with Crippen molar-refractivity contribution in [1.82, 2.24) is 15.0 Å². The van der Waals surface area contributed by atoms with Crippen molar-refractivity contribution in [3.63, 3.8) is 0 Å². The van der Waals surface area contributed by atoms with Crippen molar-refractivity contribution in [3.05, 3.63) is 36.4 Å². The summed E-state index contributed by atoms with van der Waals surface area (Å²) in [6, 6.07) is 3.87. The van der Waals surface area contributed by atoms with Gasteiger partial charge in [-0.2, -0.15) is 0 Å². The zero-order chi connectivity index (χ0) is 12.0. The lowest BCUT2D eigenvalue weighted by Gasteiger charge is -1.92. The van der Waals surface area contributed by atoms with E-state index >= 15 is 0 Å². The molecular formula is C10H11N3O3. The average Bonchev–Trinajstić information content (AvgIpc) is 2.65. The summed E-state index contributed by atoms with van der Waals surface area (Å²) < 4.78 is 0. The Kier molecular flexibility index (Phi) is 4.02. The summed E-state index contributed by atoms with van der Waals surface area (Å²) in [6.45, 7) is 1.95. The minimum Gasteiger partial charge on any atom is -0.450 e. The first-order valence-corrected chi connectivity index (χ1v) is 4.44.